The summed E-state index contributed by atoms with van der Waals surface area (Å²) in [5, 5.41) is 9.97. The summed E-state index contributed by atoms with van der Waals surface area (Å²) in [6.07, 6.45) is 3.85. The first-order valence-corrected chi connectivity index (χ1v) is 8.14. The zero-order valence-electron chi connectivity index (χ0n) is 13.3. The third-order valence-corrected chi connectivity index (χ3v) is 4.41. The zero-order chi connectivity index (χ0) is 17.1. The van der Waals surface area contributed by atoms with Gasteiger partial charge in [0.25, 0.3) is 5.91 Å². The fourth-order valence-corrected chi connectivity index (χ4v) is 3.05. The Morgan fingerprint density at radius 1 is 1.46 bits per heavy atom. The van der Waals surface area contributed by atoms with Gasteiger partial charge in [0, 0.05) is 12.1 Å². The molecule has 1 aliphatic carbocycles. The Labute approximate surface area is 144 Å². The van der Waals surface area contributed by atoms with Crippen LogP contribution < -0.4 is 5.32 Å². The van der Waals surface area contributed by atoms with Crippen molar-refractivity contribution in [3.05, 3.63) is 46.2 Å². The molecule has 0 aliphatic heterocycles. The van der Waals surface area contributed by atoms with Crippen molar-refractivity contribution in [1.82, 2.24) is 10.2 Å². The van der Waals surface area contributed by atoms with Crippen molar-refractivity contribution in [2.45, 2.75) is 26.2 Å². The number of ether oxygens (including phenoxy) is 1. The molecule has 1 amide bonds. The molecule has 1 aromatic carbocycles. The van der Waals surface area contributed by atoms with Crippen molar-refractivity contribution >= 4 is 29.2 Å². The van der Waals surface area contributed by atoms with Crippen LogP contribution in [0.1, 0.15) is 23.2 Å². The van der Waals surface area contributed by atoms with Crippen LogP contribution in [0, 0.1) is 12.8 Å². The maximum absolute atomic E-state index is 12.1. The number of rotatable bonds is 4. The van der Waals surface area contributed by atoms with Crippen molar-refractivity contribution in [2.24, 2.45) is 5.92 Å². The van der Waals surface area contributed by atoms with Gasteiger partial charge in [-0.05, 0) is 43.0 Å². The molecule has 1 unspecified atom stereocenters. The normalized spacial score (nSPS) is 16.3. The molecule has 0 radical (unpaired) electrons. The first-order chi connectivity index (χ1) is 11.5. The van der Waals surface area contributed by atoms with Crippen LogP contribution in [-0.2, 0) is 27.2 Å². The maximum atomic E-state index is 12.1. The van der Waals surface area contributed by atoms with Gasteiger partial charge in [0.1, 0.15) is 0 Å². The van der Waals surface area contributed by atoms with Crippen LogP contribution in [-0.4, -0.2) is 28.7 Å². The Morgan fingerprint density at radius 2 is 2.29 bits per heavy atom. The summed E-state index contributed by atoms with van der Waals surface area (Å²) < 4.78 is 5.14. The van der Waals surface area contributed by atoms with Gasteiger partial charge < -0.3 is 10.1 Å². The number of carbonyl (C=O) groups is 2. The number of esters is 1. The van der Waals surface area contributed by atoms with E-state index in [1.54, 1.807) is 18.3 Å². The molecule has 0 saturated heterocycles. The van der Waals surface area contributed by atoms with Crippen LogP contribution in [0.15, 0.2) is 24.4 Å². The highest BCUT2D eigenvalue weighted by molar-refractivity contribution is 6.33. The monoisotopic (exact) mass is 347 g/mol. The summed E-state index contributed by atoms with van der Waals surface area (Å²) in [6, 6.07) is 5.32. The second kappa shape index (κ2) is 7.05. The third-order valence-electron chi connectivity index (χ3n) is 4.10. The molecule has 6 nitrogen and oxygen atoms in total. The summed E-state index contributed by atoms with van der Waals surface area (Å²) in [7, 11) is 0. The molecule has 0 spiro atoms. The average Bonchev–Trinajstić information content (AvgIpc) is 3.03. The number of benzene rings is 1. The minimum atomic E-state index is -0.410. The SMILES string of the molecule is Cc1ccc(NC(=O)COC(=O)C2CCc3cn[nH]c3C2)c(Cl)c1. The summed E-state index contributed by atoms with van der Waals surface area (Å²) >= 11 is 6.06. The van der Waals surface area contributed by atoms with Gasteiger partial charge in [0.2, 0.25) is 0 Å². The lowest BCUT2D eigenvalue weighted by Gasteiger charge is -2.20. The standard InChI is InChI=1S/C17H18ClN3O3/c1-10-2-5-14(13(18)6-10)20-16(22)9-24-17(23)11-3-4-12-8-19-21-15(12)7-11/h2,5-6,8,11H,3-4,7,9H2,1H3,(H,19,21)(H,20,22). The van der Waals surface area contributed by atoms with E-state index in [9.17, 15) is 9.59 Å². The van der Waals surface area contributed by atoms with Crippen molar-refractivity contribution in [1.29, 1.82) is 0 Å². The van der Waals surface area contributed by atoms with E-state index in [1.165, 1.54) is 0 Å². The van der Waals surface area contributed by atoms with Crippen LogP contribution in [0.5, 0.6) is 0 Å². The van der Waals surface area contributed by atoms with E-state index < -0.39 is 5.91 Å². The average molecular weight is 348 g/mol. The van der Waals surface area contributed by atoms with Crippen LogP contribution in [0.25, 0.3) is 0 Å². The van der Waals surface area contributed by atoms with Crippen LogP contribution in [0.3, 0.4) is 0 Å². The summed E-state index contributed by atoms with van der Waals surface area (Å²) in [6.45, 7) is 1.59. The van der Waals surface area contributed by atoms with E-state index in [-0.39, 0.29) is 18.5 Å². The van der Waals surface area contributed by atoms with E-state index in [2.05, 4.69) is 15.5 Å². The van der Waals surface area contributed by atoms with Crippen molar-refractivity contribution < 1.29 is 14.3 Å². The number of hydrogen-bond donors (Lipinski definition) is 2. The Kier molecular flexibility index (Phi) is 4.85. The molecule has 1 atom stereocenters. The lowest BCUT2D eigenvalue weighted by Crippen LogP contribution is -2.28. The predicted octanol–water partition coefficient (Wildman–Crippen LogP) is 2.66. The molecule has 2 N–H and O–H groups in total. The first kappa shape index (κ1) is 16.5. The van der Waals surface area contributed by atoms with Crippen LogP contribution in [0.2, 0.25) is 5.02 Å². The predicted molar refractivity (Wildman–Crippen MR) is 89.9 cm³/mol. The number of aromatic amines is 1. The lowest BCUT2D eigenvalue weighted by molar-refractivity contribution is -0.151. The highest BCUT2D eigenvalue weighted by Crippen LogP contribution is 2.25. The second-order valence-electron chi connectivity index (χ2n) is 5.95. The summed E-state index contributed by atoms with van der Waals surface area (Å²) in [5.41, 5.74) is 3.62. The summed E-state index contributed by atoms with van der Waals surface area (Å²) in [5.74, 6) is -1.01. The van der Waals surface area contributed by atoms with E-state index in [1.807, 2.05) is 13.0 Å². The van der Waals surface area contributed by atoms with Crippen LogP contribution in [0.4, 0.5) is 5.69 Å². The lowest BCUT2D eigenvalue weighted by atomic mass is 9.88. The number of aryl methyl sites for hydroxylation is 2. The molecule has 3 rings (SSSR count). The molecule has 0 fully saturated rings. The number of H-pyrrole nitrogens is 1. The quantitative estimate of drug-likeness (QED) is 0.833. The number of carbonyl (C=O) groups excluding carboxylic acids is 2. The van der Waals surface area contributed by atoms with E-state index in [0.29, 0.717) is 23.6 Å². The number of halogens is 1. The molecular weight excluding hydrogens is 330 g/mol. The highest BCUT2D eigenvalue weighted by atomic mass is 35.5. The number of amides is 1. The van der Waals surface area contributed by atoms with Gasteiger partial charge in [0.15, 0.2) is 6.61 Å². The number of nitrogens with zero attached hydrogens (tertiary/aromatic N) is 1. The molecule has 2 aromatic rings. The smallest absolute Gasteiger partial charge is 0.309 e. The minimum Gasteiger partial charge on any atom is -0.455 e. The van der Waals surface area contributed by atoms with Gasteiger partial charge in [-0.2, -0.15) is 5.10 Å². The fourth-order valence-electron chi connectivity index (χ4n) is 2.77. The Morgan fingerprint density at radius 3 is 3.08 bits per heavy atom. The van der Waals surface area contributed by atoms with Crippen LogP contribution >= 0.6 is 11.6 Å². The highest BCUT2D eigenvalue weighted by Gasteiger charge is 2.27. The number of fused-ring (bicyclic) bond motifs is 1. The molecule has 1 heterocycles. The first-order valence-electron chi connectivity index (χ1n) is 7.76. The van der Waals surface area contributed by atoms with Crippen molar-refractivity contribution in [3.8, 4) is 0 Å². The Bertz CT molecular complexity index is 772. The van der Waals surface area contributed by atoms with Gasteiger partial charge in [-0.1, -0.05) is 17.7 Å². The second-order valence-corrected chi connectivity index (χ2v) is 6.36. The molecular formula is C17H18ClN3O3. The Hall–Kier alpha value is -2.34. The molecule has 126 valence electrons. The largest absolute Gasteiger partial charge is 0.455 e. The van der Waals surface area contributed by atoms with Gasteiger partial charge in [-0.25, -0.2) is 0 Å². The third kappa shape index (κ3) is 3.76. The number of hydrogen-bond acceptors (Lipinski definition) is 4. The molecule has 1 aromatic heterocycles. The molecule has 24 heavy (non-hydrogen) atoms. The molecule has 0 bridgehead atoms. The maximum Gasteiger partial charge on any atom is 0.309 e. The number of nitrogens with one attached hydrogen (secondary N) is 2. The number of aromatic nitrogens is 2. The topological polar surface area (TPSA) is 84.1 Å². The van der Waals surface area contributed by atoms with Gasteiger partial charge >= 0.3 is 5.97 Å². The molecule has 1 aliphatic rings. The minimum absolute atomic E-state index is 0.242. The van der Waals surface area contributed by atoms with E-state index >= 15 is 0 Å². The molecule has 0 saturated carbocycles. The molecule has 7 heteroatoms. The number of anilines is 1. The van der Waals surface area contributed by atoms with E-state index in [4.69, 9.17) is 16.3 Å². The summed E-state index contributed by atoms with van der Waals surface area (Å²) in [4.78, 5) is 24.1. The van der Waals surface area contributed by atoms with Gasteiger partial charge in [0.05, 0.1) is 22.8 Å². The van der Waals surface area contributed by atoms with E-state index in [0.717, 1.165) is 23.2 Å². The van der Waals surface area contributed by atoms with Gasteiger partial charge in [-0.3, -0.25) is 14.7 Å². The van der Waals surface area contributed by atoms with Crippen molar-refractivity contribution in [3.63, 3.8) is 0 Å². The fraction of sp³-hybridized carbons (Fsp3) is 0.353. The van der Waals surface area contributed by atoms with Gasteiger partial charge in [-0.15, -0.1) is 0 Å². The van der Waals surface area contributed by atoms with Crippen molar-refractivity contribution in [2.75, 3.05) is 11.9 Å². The Balaban J connectivity index is 1.50. The zero-order valence-corrected chi connectivity index (χ0v) is 14.0.